The average Bonchev–Trinajstić information content (AvgIpc) is 2.64. The maximum atomic E-state index is 9.59. The number of unbranched alkanes of at least 4 members (excludes halogenated alkanes) is 3. The summed E-state index contributed by atoms with van der Waals surface area (Å²) in [6.45, 7) is 6.57. The van der Waals surface area contributed by atoms with Crippen molar-refractivity contribution >= 4 is 0 Å². The minimum atomic E-state index is 0.352. The molecule has 2 N–H and O–H groups in total. The third-order valence-corrected chi connectivity index (χ3v) is 4.43. The summed E-state index contributed by atoms with van der Waals surface area (Å²) < 4.78 is 0. The number of aromatic hydroxyl groups is 2. The van der Waals surface area contributed by atoms with E-state index in [0.717, 1.165) is 19.3 Å². The highest BCUT2D eigenvalue weighted by molar-refractivity contribution is 5.33. The number of hydrogen-bond acceptors (Lipinski definition) is 2. The molecule has 0 atom stereocenters. The van der Waals surface area contributed by atoms with Gasteiger partial charge in [-0.3, -0.25) is 0 Å². The van der Waals surface area contributed by atoms with Crippen LogP contribution in [0.2, 0.25) is 0 Å². The van der Waals surface area contributed by atoms with Crippen molar-refractivity contribution in [1.29, 1.82) is 0 Å². The number of rotatable bonds is 9. The third-order valence-electron chi connectivity index (χ3n) is 4.43. The summed E-state index contributed by atoms with van der Waals surface area (Å²) in [4.78, 5) is 0. The summed E-state index contributed by atoms with van der Waals surface area (Å²) in [6.07, 6.45) is 10.6. The van der Waals surface area contributed by atoms with Crippen molar-refractivity contribution in [3.05, 3.63) is 59.2 Å². The molecule has 0 spiro atoms. The van der Waals surface area contributed by atoms with Gasteiger partial charge in [-0.05, 0) is 79.5 Å². The Balaban J connectivity index is 0.000000273. The van der Waals surface area contributed by atoms with E-state index in [9.17, 15) is 5.11 Å². The van der Waals surface area contributed by atoms with Gasteiger partial charge in [0.1, 0.15) is 11.5 Å². The summed E-state index contributed by atoms with van der Waals surface area (Å²) in [6, 6.07) is 13.5. The second kappa shape index (κ2) is 13.3. The highest BCUT2D eigenvalue weighted by atomic mass is 16.3. The minimum absolute atomic E-state index is 0.352. The van der Waals surface area contributed by atoms with Crippen molar-refractivity contribution in [2.75, 3.05) is 0 Å². The molecule has 2 rings (SSSR count). The van der Waals surface area contributed by atoms with Crippen molar-refractivity contribution in [2.45, 2.75) is 78.6 Å². The Morgan fingerprint density at radius 3 is 1.38 bits per heavy atom. The van der Waals surface area contributed by atoms with Gasteiger partial charge in [-0.25, -0.2) is 0 Å². The van der Waals surface area contributed by atoms with Crippen LogP contribution in [0.15, 0.2) is 42.5 Å². The Morgan fingerprint density at radius 1 is 0.538 bits per heavy atom. The summed E-state index contributed by atoms with van der Waals surface area (Å²) in [5.41, 5.74) is 3.87. The van der Waals surface area contributed by atoms with Gasteiger partial charge in [-0.2, -0.15) is 0 Å². The van der Waals surface area contributed by atoms with Crippen LogP contribution in [-0.2, 0) is 19.3 Å². The second-order valence-electron chi connectivity index (χ2n) is 6.98. The van der Waals surface area contributed by atoms with Gasteiger partial charge >= 0.3 is 0 Å². The van der Waals surface area contributed by atoms with E-state index in [1.54, 1.807) is 12.1 Å². The van der Waals surface area contributed by atoms with Gasteiger partial charge in [0, 0.05) is 0 Å². The standard InChI is InChI=1S/C14H22O.C10H14O/c1-3-5-7-12-9-13(8-6-4-2)11-14(15)10-12;1-2-3-4-9-5-7-10(11)8-6-9/h9-11,15H,3-8H2,1-2H3;5-8,11H,2-4H2,1H3. The lowest BCUT2D eigenvalue weighted by molar-refractivity contribution is 0.473. The zero-order valence-corrected chi connectivity index (χ0v) is 16.8. The van der Waals surface area contributed by atoms with E-state index in [0.29, 0.717) is 11.5 Å². The molecule has 0 aromatic heterocycles. The number of phenols is 2. The SMILES string of the molecule is CCCCc1cc(O)cc(CCCC)c1.CCCCc1ccc(O)cc1. The van der Waals surface area contributed by atoms with E-state index >= 15 is 0 Å². The predicted octanol–water partition coefficient (Wildman–Crippen LogP) is 6.81. The molecule has 0 aliphatic heterocycles. The van der Waals surface area contributed by atoms with Crippen LogP contribution in [0, 0.1) is 0 Å². The van der Waals surface area contributed by atoms with Crippen molar-refractivity contribution in [3.63, 3.8) is 0 Å². The molecule has 26 heavy (non-hydrogen) atoms. The van der Waals surface area contributed by atoms with E-state index in [2.05, 4.69) is 26.8 Å². The van der Waals surface area contributed by atoms with Crippen LogP contribution >= 0.6 is 0 Å². The molecule has 2 aromatic carbocycles. The van der Waals surface area contributed by atoms with E-state index in [-0.39, 0.29) is 0 Å². The first-order valence-corrected chi connectivity index (χ1v) is 10.2. The third kappa shape index (κ3) is 9.50. The summed E-state index contributed by atoms with van der Waals surface area (Å²) in [7, 11) is 0. The number of benzene rings is 2. The second-order valence-corrected chi connectivity index (χ2v) is 6.98. The van der Waals surface area contributed by atoms with Gasteiger partial charge < -0.3 is 10.2 Å². The minimum Gasteiger partial charge on any atom is -0.508 e. The quantitative estimate of drug-likeness (QED) is 0.518. The Labute approximate surface area is 159 Å². The van der Waals surface area contributed by atoms with Crippen LogP contribution in [0.3, 0.4) is 0 Å². The monoisotopic (exact) mass is 356 g/mol. The molecule has 2 heteroatoms. The number of hydrogen-bond donors (Lipinski definition) is 2. The topological polar surface area (TPSA) is 40.5 Å². The molecule has 0 unspecified atom stereocenters. The van der Waals surface area contributed by atoms with Crippen molar-refractivity contribution in [2.24, 2.45) is 0 Å². The molecule has 0 amide bonds. The first-order valence-electron chi connectivity index (χ1n) is 10.2. The number of aryl methyl sites for hydroxylation is 3. The zero-order valence-electron chi connectivity index (χ0n) is 16.8. The summed E-state index contributed by atoms with van der Waals surface area (Å²) >= 11 is 0. The fourth-order valence-electron chi connectivity index (χ4n) is 2.84. The zero-order chi connectivity index (χ0) is 19.2. The Morgan fingerprint density at radius 2 is 0.962 bits per heavy atom. The Hall–Kier alpha value is -1.96. The molecule has 2 nitrogen and oxygen atoms in total. The molecule has 0 heterocycles. The Kier molecular flexibility index (Phi) is 11.3. The lowest BCUT2D eigenvalue weighted by atomic mass is 10.0. The van der Waals surface area contributed by atoms with E-state index in [1.807, 2.05) is 24.3 Å². The molecular weight excluding hydrogens is 320 g/mol. The molecule has 0 fully saturated rings. The smallest absolute Gasteiger partial charge is 0.116 e. The van der Waals surface area contributed by atoms with Crippen molar-refractivity contribution in [3.8, 4) is 11.5 Å². The molecule has 0 aliphatic carbocycles. The molecule has 2 aromatic rings. The highest BCUT2D eigenvalue weighted by Crippen LogP contribution is 2.19. The highest BCUT2D eigenvalue weighted by Gasteiger charge is 2.00. The molecular formula is C24H36O2. The van der Waals surface area contributed by atoms with E-state index in [1.165, 1.54) is 55.2 Å². The molecule has 144 valence electrons. The van der Waals surface area contributed by atoms with Crippen LogP contribution in [-0.4, -0.2) is 10.2 Å². The largest absolute Gasteiger partial charge is 0.508 e. The van der Waals surface area contributed by atoms with Crippen LogP contribution in [0.4, 0.5) is 0 Å². The fraction of sp³-hybridized carbons (Fsp3) is 0.500. The van der Waals surface area contributed by atoms with Crippen molar-refractivity contribution < 1.29 is 10.2 Å². The van der Waals surface area contributed by atoms with Crippen LogP contribution < -0.4 is 0 Å². The van der Waals surface area contributed by atoms with Gasteiger partial charge in [-0.1, -0.05) is 58.2 Å². The summed E-state index contributed by atoms with van der Waals surface area (Å²) in [5.74, 6) is 0.778. The van der Waals surface area contributed by atoms with E-state index in [4.69, 9.17) is 5.11 Å². The predicted molar refractivity (Wildman–Crippen MR) is 112 cm³/mol. The fourth-order valence-corrected chi connectivity index (χ4v) is 2.84. The first kappa shape index (κ1) is 22.1. The number of phenolic OH excluding ortho intramolecular Hbond substituents is 2. The normalized spacial score (nSPS) is 10.3. The van der Waals surface area contributed by atoms with Gasteiger partial charge in [0.2, 0.25) is 0 Å². The van der Waals surface area contributed by atoms with Crippen molar-refractivity contribution in [1.82, 2.24) is 0 Å². The lowest BCUT2D eigenvalue weighted by Gasteiger charge is -2.06. The van der Waals surface area contributed by atoms with Crippen LogP contribution in [0.25, 0.3) is 0 Å². The van der Waals surface area contributed by atoms with Crippen LogP contribution in [0.5, 0.6) is 11.5 Å². The average molecular weight is 357 g/mol. The van der Waals surface area contributed by atoms with Gasteiger partial charge in [0.05, 0.1) is 0 Å². The van der Waals surface area contributed by atoms with Gasteiger partial charge in [-0.15, -0.1) is 0 Å². The van der Waals surface area contributed by atoms with Crippen LogP contribution in [0.1, 0.15) is 76.0 Å². The lowest BCUT2D eigenvalue weighted by Crippen LogP contribution is -1.90. The first-order chi connectivity index (χ1) is 12.6. The molecule has 0 bridgehead atoms. The van der Waals surface area contributed by atoms with Gasteiger partial charge in [0.15, 0.2) is 0 Å². The summed E-state index contributed by atoms with van der Waals surface area (Å²) in [5, 5.41) is 18.6. The maximum absolute atomic E-state index is 9.59. The molecule has 0 radical (unpaired) electrons. The molecule has 0 saturated heterocycles. The van der Waals surface area contributed by atoms with E-state index < -0.39 is 0 Å². The maximum Gasteiger partial charge on any atom is 0.116 e. The molecule has 0 saturated carbocycles. The Bertz CT molecular complexity index is 576. The van der Waals surface area contributed by atoms with Gasteiger partial charge in [0.25, 0.3) is 0 Å². The molecule has 0 aliphatic rings.